The molecule has 1 fully saturated rings. The van der Waals surface area contributed by atoms with E-state index in [2.05, 4.69) is 37.9 Å². The lowest BCUT2D eigenvalue weighted by molar-refractivity contribution is 0.0223. The van der Waals surface area contributed by atoms with Gasteiger partial charge < -0.3 is 14.9 Å². The van der Waals surface area contributed by atoms with Crippen LogP contribution in [0.15, 0.2) is 0 Å². The largest absolute Gasteiger partial charge is 0.396 e. The van der Waals surface area contributed by atoms with Crippen LogP contribution in [0, 0.1) is 5.92 Å². The van der Waals surface area contributed by atoms with Crippen LogP contribution in [-0.2, 0) is 0 Å². The molecule has 1 saturated carbocycles. The van der Waals surface area contributed by atoms with Crippen LogP contribution in [0.4, 0.5) is 0 Å². The smallest absolute Gasteiger partial charge is 0.0468 e. The summed E-state index contributed by atoms with van der Waals surface area (Å²) in [5.41, 5.74) is 0.407. The highest BCUT2D eigenvalue weighted by Crippen LogP contribution is 2.36. The Morgan fingerprint density at radius 1 is 1.27 bits per heavy atom. The first-order chi connectivity index (χ1) is 7.00. The standard InChI is InChI=1S/C12H26N2O/c1-11(9-15)8-14(4)10-12(13(2)3)6-5-7-12/h11,15H,5-10H2,1-4H3. The normalized spacial score (nSPS) is 21.8. The fraction of sp³-hybridized carbons (Fsp3) is 1.00. The van der Waals surface area contributed by atoms with E-state index in [4.69, 9.17) is 5.11 Å². The number of aliphatic hydroxyl groups is 1. The van der Waals surface area contributed by atoms with E-state index in [1.165, 1.54) is 19.3 Å². The predicted octanol–water partition coefficient (Wildman–Crippen LogP) is 1.03. The first kappa shape index (κ1) is 12.9. The van der Waals surface area contributed by atoms with E-state index in [0.717, 1.165) is 13.1 Å². The molecular weight excluding hydrogens is 188 g/mol. The van der Waals surface area contributed by atoms with E-state index < -0.39 is 0 Å². The SMILES string of the molecule is CC(CO)CN(C)CC1(N(C)C)CCC1. The van der Waals surface area contributed by atoms with Gasteiger partial charge in [0.25, 0.3) is 0 Å². The molecule has 0 radical (unpaired) electrons. The summed E-state index contributed by atoms with van der Waals surface area (Å²) in [4.78, 5) is 4.73. The molecule has 0 saturated heterocycles. The molecule has 15 heavy (non-hydrogen) atoms. The van der Waals surface area contributed by atoms with Crippen LogP contribution >= 0.6 is 0 Å². The lowest BCUT2D eigenvalue weighted by Crippen LogP contribution is -2.57. The van der Waals surface area contributed by atoms with E-state index in [1.807, 2.05) is 0 Å². The summed E-state index contributed by atoms with van der Waals surface area (Å²) in [6, 6.07) is 0. The van der Waals surface area contributed by atoms with Crippen LogP contribution in [0.2, 0.25) is 0 Å². The van der Waals surface area contributed by atoms with Gasteiger partial charge >= 0.3 is 0 Å². The van der Waals surface area contributed by atoms with Crippen LogP contribution < -0.4 is 0 Å². The molecule has 0 aliphatic heterocycles. The molecule has 3 heteroatoms. The third-order valence-corrected chi connectivity index (χ3v) is 3.73. The maximum atomic E-state index is 9.03. The van der Waals surface area contributed by atoms with Crippen molar-refractivity contribution in [1.82, 2.24) is 9.80 Å². The molecule has 0 aromatic carbocycles. The Morgan fingerprint density at radius 2 is 1.87 bits per heavy atom. The lowest BCUT2D eigenvalue weighted by atomic mass is 9.75. The van der Waals surface area contributed by atoms with Crippen molar-refractivity contribution in [3.8, 4) is 0 Å². The highest BCUT2D eigenvalue weighted by Gasteiger charge is 2.39. The zero-order valence-corrected chi connectivity index (χ0v) is 10.7. The Bertz CT molecular complexity index is 190. The maximum Gasteiger partial charge on any atom is 0.0468 e. The van der Waals surface area contributed by atoms with Gasteiger partial charge in [-0.2, -0.15) is 0 Å². The number of nitrogens with zero attached hydrogens (tertiary/aromatic N) is 2. The topological polar surface area (TPSA) is 26.7 Å². The molecule has 1 aliphatic carbocycles. The fourth-order valence-corrected chi connectivity index (χ4v) is 2.49. The van der Waals surface area contributed by atoms with Crippen molar-refractivity contribution in [2.75, 3.05) is 40.8 Å². The van der Waals surface area contributed by atoms with Crippen molar-refractivity contribution in [2.45, 2.75) is 31.7 Å². The van der Waals surface area contributed by atoms with Crippen molar-refractivity contribution in [2.24, 2.45) is 5.92 Å². The van der Waals surface area contributed by atoms with Gasteiger partial charge in [0.2, 0.25) is 0 Å². The van der Waals surface area contributed by atoms with E-state index in [9.17, 15) is 0 Å². The number of hydrogen-bond donors (Lipinski definition) is 1. The predicted molar refractivity (Wildman–Crippen MR) is 64.0 cm³/mol. The van der Waals surface area contributed by atoms with Gasteiger partial charge in [-0.3, -0.25) is 0 Å². The van der Waals surface area contributed by atoms with Crippen molar-refractivity contribution in [1.29, 1.82) is 0 Å². The minimum atomic E-state index is 0.291. The quantitative estimate of drug-likeness (QED) is 0.715. The molecule has 1 rings (SSSR count). The van der Waals surface area contributed by atoms with E-state index in [0.29, 0.717) is 18.1 Å². The molecular formula is C12H26N2O. The second-order valence-corrected chi connectivity index (χ2v) is 5.46. The van der Waals surface area contributed by atoms with Crippen LogP contribution in [-0.4, -0.2) is 61.3 Å². The Labute approximate surface area is 94.1 Å². The second kappa shape index (κ2) is 5.28. The summed E-state index contributed by atoms with van der Waals surface area (Å²) >= 11 is 0. The average molecular weight is 214 g/mol. The van der Waals surface area contributed by atoms with Gasteiger partial charge in [-0.1, -0.05) is 6.92 Å². The molecule has 0 aromatic rings. The zero-order valence-electron chi connectivity index (χ0n) is 10.7. The highest BCUT2D eigenvalue weighted by atomic mass is 16.3. The highest BCUT2D eigenvalue weighted by molar-refractivity contribution is 4.97. The molecule has 90 valence electrons. The van der Waals surface area contributed by atoms with Crippen molar-refractivity contribution < 1.29 is 5.11 Å². The Balaban J connectivity index is 2.38. The number of aliphatic hydroxyl groups excluding tert-OH is 1. The van der Waals surface area contributed by atoms with Gasteiger partial charge in [0, 0.05) is 25.2 Å². The summed E-state index contributed by atoms with van der Waals surface area (Å²) in [5.74, 6) is 0.384. The summed E-state index contributed by atoms with van der Waals surface area (Å²) < 4.78 is 0. The molecule has 0 heterocycles. The van der Waals surface area contributed by atoms with Crippen molar-refractivity contribution >= 4 is 0 Å². The molecule has 1 unspecified atom stereocenters. The molecule has 0 aromatic heterocycles. The summed E-state index contributed by atoms with van der Waals surface area (Å²) in [5, 5.41) is 9.03. The third-order valence-electron chi connectivity index (χ3n) is 3.73. The molecule has 1 atom stereocenters. The molecule has 0 amide bonds. The van der Waals surface area contributed by atoms with Gasteiger partial charge in [-0.05, 0) is 46.3 Å². The van der Waals surface area contributed by atoms with Gasteiger partial charge in [0.1, 0.15) is 0 Å². The van der Waals surface area contributed by atoms with Crippen LogP contribution in [0.3, 0.4) is 0 Å². The third kappa shape index (κ3) is 3.16. The Hall–Kier alpha value is -0.120. The number of rotatable bonds is 6. The van der Waals surface area contributed by atoms with Crippen LogP contribution in [0.25, 0.3) is 0 Å². The van der Waals surface area contributed by atoms with Crippen LogP contribution in [0.1, 0.15) is 26.2 Å². The Morgan fingerprint density at radius 3 is 2.20 bits per heavy atom. The average Bonchev–Trinajstić information content (AvgIpc) is 2.10. The molecule has 0 spiro atoms. The van der Waals surface area contributed by atoms with Crippen molar-refractivity contribution in [3.63, 3.8) is 0 Å². The van der Waals surface area contributed by atoms with E-state index in [1.54, 1.807) is 0 Å². The summed E-state index contributed by atoms with van der Waals surface area (Å²) in [6.45, 7) is 4.51. The minimum Gasteiger partial charge on any atom is -0.396 e. The Kier molecular flexibility index (Phi) is 4.56. The summed E-state index contributed by atoms with van der Waals surface area (Å²) in [7, 11) is 6.53. The lowest BCUT2D eigenvalue weighted by Gasteiger charge is -2.49. The second-order valence-electron chi connectivity index (χ2n) is 5.46. The number of likely N-dealkylation sites (N-methyl/N-ethyl adjacent to an activating group) is 2. The fourth-order valence-electron chi connectivity index (χ4n) is 2.49. The summed E-state index contributed by atoms with van der Waals surface area (Å²) in [6.07, 6.45) is 4.00. The zero-order chi connectivity index (χ0) is 11.5. The first-order valence-corrected chi connectivity index (χ1v) is 5.97. The maximum absolute atomic E-state index is 9.03. The van der Waals surface area contributed by atoms with Crippen LogP contribution in [0.5, 0.6) is 0 Å². The van der Waals surface area contributed by atoms with Gasteiger partial charge in [0.15, 0.2) is 0 Å². The van der Waals surface area contributed by atoms with E-state index in [-0.39, 0.29) is 0 Å². The molecule has 1 aliphatic rings. The molecule has 0 bridgehead atoms. The van der Waals surface area contributed by atoms with E-state index >= 15 is 0 Å². The van der Waals surface area contributed by atoms with Gasteiger partial charge in [0.05, 0.1) is 0 Å². The van der Waals surface area contributed by atoms with Gasteiger partial charge in [-0.15, -0.1) is 0 Å². The number of hydrogen-bond acceptors (Lipinski definition) is 3. The van der Waals surface area contributed by atoms with Gasteiger partial charge in [-0.25, -0.2) is 0 Å². The first-order valence-electron chi connectivity index (χ1n) is 5.97. The van der Waals surface area contributed by atoms with Crippen molar-refractivity contribution in [3.05, 3.63) is 0 Å². The monoisotopic (exact) mass is 214 g/mol. The minimum absolute atomic E-state index is 0.291. The molecule has 3 nitrogen and oxygen atoms in total. The molecule has 1 N–H and O–H groups in total.